The Morgan fingerprint density at radius 2 is 2.10 bits per heavy atom. The van der Waals surface area contributed by atoms with Gasteiger partial charge >= 0.3 is 6.18 Å². The predicted octanol–water partition coefficient (Wildman–Crippen LogP) is 4.68. The van der Waals surface area contributed by atoms with Gasteiger partial charge in [-0.25, -0.2) is 0 Å². The van der Waals surface area contributed by atoms with Crippen LogP contribution in [0.5, 0.6) is 0 Å². The monoisotopic (exact) mass is 320 g/mol. The van der Waals surface area contributed by atoms with E-state index >= 15 is 0 Å². The van der Waals surface area contributed by atoms with Gasteiger partial charge in [-0.2, -0.15) is 13.2 Å². The number of alkyl halides is 3. The number of nitrogens with two attached hydrogens (primary N) is 1. The number of hydrogen-bond donors (Lipinski definition) is 2. The smallest absolute Gasteiger partial charge is 0.378 e. The summed E-state index contributed by atoms with van der Waals surface area (Å²) in [6, 6.07) is 3.56. The summed E-state index contributed by atoms with van der Waals surface area (Å²) in [5.41, 5.74) is 5.20. The van der Waals surface area contributed by atoms with Crippen molar-refractivity contribution in [2.75, 3.05) is 11.9 Å². The third-order valence-electron chi connectivity index (χ3n) is 4.31. The lowest BCUT2D eigenvalue weighted by atomic mass is 9.94. The fourth-order valence-corrected chi connectivity index (χ4v) is 3.30. The average Bonchev–Trinajstić information content (AvgIpc) is 2.81. The van der Waals surface area contributed by atoms with Crippen LogP contribution >= 0.6 is 11.6 Å². The minimum absolute atomic E-state index is 0.0736. The Morgan fingerprint density at radius 1 is 1.38 bits per heavy atom. The Kier molecular flexibility index (Phi) is 4.73. The molecule has 1 aliphatic carbocycles. The second-order valence-corrected chi connectivity index (χ2v) is 6.29. The molecule has 2 unspecified atom stereocenters. The van der Waals surface area contributed by atoms with E-state index in [0.29, 0.717) is 18.2 Å². The SMILES string of the molecule is CCC1CCC(CN)(Nc2cc(Cl)cc(C(F)(F)F)c2)C1. The molecule has 1 aromatic rings. The summed E-state index contributed by atoms with van der Waals surface area (Å²) >= 11 is 5.81. The van der Waals surface area contributed by atoms with Crippen LogP contribution in [-0.2, 0) is 6.18 Å². The van der Waals surface area contributed by atoms with Crippen LogP contribution in [0.4, 0.5) is 18.9 Å². The molecule has 1 fully saturated rings. The highest BCUT2D eigenvalue weighted by Crippen LogP contribution is 2.40. The van der Waals surface area contributed by atoms with Crippen LogP contribution in [0.3, 0.4) is 0 Å². The van der Waals surface area contributed by atoms with Crippen molar-refractivity contribution in [3.63, 3.8) is 0 Å². The van der Waals surface area contributed by atoms with Gasteiger partial charge in [-0.1, -0.05) is 24.9 Å². The quantitative estimate of drug-likeness (QED) is 0.845. The highest BCUT2D eigenvalue weighted by Gasteiger charge is 2.38. The second-order valence-electron chi connectivity index (χ2n) is 5.85. The third kappa shape index (κ3) is 3.83. The van der Waals surface area contributed by atoms with Crippen molar-refractivity contribution in [2.45, 2.75) is 44.3 Å². The van der Waals surface area contributed by atoms with Gasteiger partial charge in [0.1, 0.15) is 0 Å². The lowest BCUT2D eigenvalue weighted by Crippen LogP contribution is -2.43. The molecule has 1 aliphatic rings. The lowest BCUT2D eigenvalue weighted by molar-refractivity contribution is -0.137. The lowest BCUT2D eigenvalue weighted by Gasteiger charge is -2.31. The zero-order valence-corrected chi connectivity index (χ0v) is 12.7. The highest BCUT2D eigenvalue weighted by molar-refractivity contribution is 6.30. The Bertz CT molecular complexity index is 504. The van der Waals surface area contributed by atoms with E-state index in [1.54, 1.807) is 0 Å². The van der Waals surface area contributed by atoms with E-state index in [-0.39, 0.29) is 10.6 Å². The van der Waals surface area contributed by atoms with Crippen molar-refractivity contribution >= 4 is 17.3 Å². The van der Waals surface area contributed by atoms with Gasteiger partial charge in [0.15, 0.2) is 0 Å². The predicted molar refractivity (Wildman–Crippen MR) is 79.5 cm³/mol. The first-order chi connectivity index (χ1) is 9.78. The van der Waals surface area contributed by atoms with Crippen molar-refractivity contribution in [3.05, 3.63) is 28.8 Å². The highest BCUT2D eigenvalue weighted by atomic mass is 35.5. The van der Waals surface area contributed by atoms with Crippen LogP contribution in [0.2, 0.25) is 5.02 Å². The van der Waals surface area contributed by atoms with Gasteiger partial charge in [-0.05, 0) is 43.4 Å². The van der Waals surface area contributed by atoms with E-state index in [4.69, 9.17) is 17.3 Å². The molecule has 0 spiro atoms. The molecule has 3 N–H and O–H groups in total. The van der Waals surface area contributed by atoms with E-state index in [1.807, 2.05) is 0 Å². The number of benzene rings is 1. The van der Waals surface area contributed by atoms with E-state index in [0.717, 1.165) is 37.8 Å². The number of halogens is 4. The molecule has 21 heavy (non-hydrogen) atoms. The number of hydrogen-bond acceptors (Lipinski definition) is 2. The molecule has 0 heterocycles. The van der Waals surface area contributed by atoms with Crippen molar-refractivity contribution in [1.29, 1.82) is 0 Å². The molecule has 6 heteroatoms. The van der Waals surface area contributed by atoms with Gasteiger partial charge in [0.2, 0.25) is 0 Å². The second kappa shape index (κ2) is 6.05. The summed E-state index contributed by atoms with van der Waals surface area (Å²) in [4.78, 5) is 0. The van der Waals surface area contributed by atoms with Crippen LogP contribution in [0.1, 0.15) is 38.2 Å². The third-order valence-corrected chi connectivity index (χ3v) is 4.53. The maximum Gasteiger partial charge on any atom is 0.416 e. The first kappa shape index (κ1) is 16.4. The van der Waals surface area contributed by atoms with Crippen molar-refractivity contribution < 1.29 is 13.2 Å². The summed E-state index contributed by atoms with van der Waals surface area (Å²) in [6.45, 7) is 2.52. The molecule has 118 valence electrons. The van der Waals surface area contributed by atoms with E-state index in [9.17, 15) is 13.2 Å². The van der Waals surface area contributed by atoms with Crippen molar-refractivity contribution in [2.24, 2.45) is 11.7 Å². The summed E-state index contributed by atoms with van der Waals surface area (Å²) < 4.78 is 38.5. The van der Waals surface area contributed by atoms with Gasteiger partial charge < -0.3 is 11.1 Å². The molecular weight excluding hydrogens is 301 g/mol. The first-order valence-electron chi connectivity index (χ1n) is 7.14. The molecule has 1 aromatic carbocycles. The van der Waals surface area contributed by atoms with Crippen LogP contribution < -0.4 is 11.1 Å². The summed E-state index contributed by atoms with van der Waals surface area (Å²) in [6.07, 6.45) is -0.539. The van der Waals surface area contributed by atoms with Crippen molar-refractivity contribution in [3.8, 4) is 0 Å². The molecule has 2 nitrogen and oxygen atoms in total. The number of rotatable bonds is 4. The number of nitrogens with one attached hydrogen (secondary N) is 1. The standard InChI is InChI=1S/C15H20ClF3N2/c1-2-10-3-4-14(8-10,9-20)21-13-6-11(15(17,18)19)5-12(16)7-13/h5-7,10,21H,2-4,8-9,20H2,1H3. The maximum absolute atomic E-state index is 12.8. The molecule has 0 bridgehead atoms. The zero-order valence-electron chi connectivity index (χ0n) is 11.9. The molecule has 1 saturated carbocycles. The summed E-state index contributed by atoms with van der Waals surface area (Å²) in [5.74, 6) is 0.572. The average molecular weight is 321 g/mol. The van der Waals surface area contributed by atoms with Gasteiger partial charge in [0, 0.05) is 22.8 Å². The molecule has 0 amide bonds. The zero-order chi connectivity index (χ0) is 15.7. The van der Waals surface area contributed by atoms with Crippen molar-refractivity contribution in [1.82, 2.24) is 0 Å². The minimum atomic E-state index is -4.40. The van der Waals surface area contributed by atoms with Gasteiger partial charge in [0.05, 0.1) is 5.56 Å². The van der Waals surface area contributed by atoms with Crippen LogP contribution in [-0.4, -0.2) is 12.1 Å². The Morgan fingerprint density at radius 3 is 2.62 bits per heavy atom. The van der Waals surface area contributed by atoms with E-state index in [1.165, 1.54) is 6.07 Å². The molecule has 0 radical (unpaired) electrons. The maximum atomic E-state index is 12.8. The van der Waals surface area contributed by atoms with Gasteiger partial charge in [-0.15, -0.1) is 0 Å². The Hall–Kier alpha value is -0.940. The molecule has 2 atom stereocenters. The Balaban J connectivity index is 2.24. The molecular formula is C15H20ClF3N2. The van der Waals surface area contributed by atoms with Crippen LogP contribution in [0.15, 0.2) is 18.2 Å². The topological polar surface area (TPSA) is 38.0 Å². The fourth-order valence-electron chi connectivity index (χ4n) is 3.07. The summed E-state index contributed by atoms with van der Waals surface area (Å²) in [5, 5.41) is 3.29. The number of anilines is 1. The largest absolute Gasteiger partial charge is 0.416 e. The van der Waals surface area contributed by atoms with Gasteiger partial charge in [0.25, 0.3) is 0 Å². The van der Waals surface area contributed by atoms with E-state index < -0.39 is 11.7 Å². The molecule has 2 rings (SSSR count). The molecule has 0 saturated heterocycles. The first-order valence-corrected chi connectivity index (χ1v) is 7.52. The molecule has 0 aromatic heterocycles. The molecule has 0 aliphatic heterocycles. The van der Waals surface area contributed by atoms with Crippen LogP contribution in [0, 0.1) is 5.92 Å². The Labute approximate surface area is 127 Å². The summed E-state index contributed by atoms with van der Waals surface area (Å²) in [7, 11) is 0. The minimum Gasteiger partial charge on any atom is -0.378 e. The fraction of sp³-hybridized carbons (Fsp3) is 0.600. The van der Waals surface area contributed by atoms with E-state index in [2.05, 4.69) is 12.2 Å². The normalized spacial score (nSPS) is 26.1. The van der Waals surface area contributed by atoms with Gasteiger partial charge in [-0.3, -0.25) is 0 Å². The van der Waals surface area contributed by atoms with Crippen LogP contribution in [0.25, 0.3) is 0 Å².